The number of carboxylic acids is 1. The monoisotopic (exact) mass is 503 g/mol. The highest BCUT2D eigenvalue weighted by Crippen LogP contribution is 2.30. The molecule has 0 unspecified atom stereocenters. The van der Waals surface area contributed by atoms with Gasteiger partial charge in [0.25, 0.3) is 0 Å². The van der Waals surface area contributed by atoms with Gasteiger partial charge in [0, 0.05) is 7.05 Å². The van der Waals surface area contributed by atoms with E-state index in [1.165, 1.54) is 0 Å². The highest BCUT2D eigenvalue weighted by molar-refractivity contribution is 5.70. The standard InChI is InChI=1S/C25H29N9O3/c1-16-22(37-19-10-6-9-18(13-19)24(35)36)12-11-20(27-16)23-21(33(2)31-28-23)14-26-25-29-30-32-34(25)15-17-7-4-3-5-8-17/h3-5,7-8,11-12,18-19H,6,9-10,13-15H2,1-2H3,(H,35,36)(H,26,29,32)/t18-,19-/m0/s1. The predicted octanol–water partition coefficient (Wildman–Crippen LogP) is 2.85. The van der Waals surface area contributed by atoms with E-state index in [1.807, 2.05) is 56.4 Å². The number of nitrogens with zero attached hydrogens (tertiary/aromatic N) is 8. The second kappa shape index (κ2) is 10.7. The molecule has 4 aromatic rings. The minimum atomic E-state index is -0.753. The summed E-state index contributed by atoms with van der Waals surface area (Å²) in [4.78, 5) is 16.1. The summed E-state index contributed by atoms with van der Waals surface area (Å²) in [6.45, 7) is 2.82. The fourth-order valence-electron chi connectivity index (χ4n) is 4.59. The van der Waals surface area contributed by atoms with Gasteiger partial charge >= 0.3 is 5.97 Å². The zero-order valence-electron chi connectivity index (χ0n) is 20.8. The molecular weight excluding hydrogens is 474 g/mol. The van der Waals surface area contributed by atoms with Gasteiger partial charge in [0.15, 0.2) is 0 Å². The van der Waals surface area contributed by atoms with E-state index in [9.17, 15) is 9.90 Å². The molecule has 0 spiro atoms. The molecule has 0 amide bonds. The number of nitrogens with one attached hydrogen (secondary N) is 1. The molecule has 1 aliphatic carbocycles. The molecular formula is C25H29N9O3. The molecule has 3 aromatic heterocycles. The molecule has 12 nitrogen and oxygen atoms in total. The van der Waals surface area contributed by atoms with Crippen molar-refractivity contribution in [3.05, 3.63) is 59.4 Å². The van der Waals surface area contributed by atoms with Crippen LogP contribution in [0.25, 0.3) is 11.4 Å². The maximum absolute atomic E-state index is 11.4. The summed E-state index contributed by atoms with van der Waals surface area (Å²) < 4.78 is 9.55. The number of aryl methyl sites for hydroxylation is 2. The van der Waals surface area contributed by atoms with Crippen LogP contribution in [0.3, 0.4) is 0 Å². The van der Waals surface area contributed by atoms with Gasteiger partial charge < -0.3 is 15.2 Å². The van der Waals surface area contributed by atoms with E-state index in [0.29, 0.717) is 54.7 Å². The maximum atomic E-state index is 11.4. The van der Waals surface area contributed by atoms with Gasteiger partial charge in [0.05, 0.1) is 42.2 Å². The molecule has 192 valence electrons. The quantitative estimate of drug-likeness (QED) is 0.349. The van der Waals surface area contributed by atoms with Crippen molar-refractivity contribution in [3.63, 3.8) is 0 Å². The summed E-state index contributed by atoms with van der Waals surface area (Å²) in [7, 11) is 1.83. The Morgan fingerprint density at radius 2 is 1.97 bits per heavy atom. The Bertz CT molecular complexity index is 1370. The lowest BCUT2D eigenvalue weighted by Gasteiger charge is -2.27. The van der Waals surface area contributed by atoms with Crippen molar-refractivity contribution in [1.29, 1.82) is 0 Å². The van der Waals surface area contributed by atoms with Crippen molar-refractivity contribution in [3.8, 4) is 17.1 Å². The van der Waals surface area contributed by atoms with Crippen LogP contribution >= 0.6 is 0 Å². The Kier molecular flexibility index (Phi) is 7.06. The molecule has 1 fully saturated rings. The Morgan fingerprint density at radius 1 is 1.14 bits per heavy atom. The topological polar surface area (TPSA) is 146 Å². The summed E-state index contributed by atoms with van der Waals surface area (Å²) in [5.74, 6) is 0.0884. The third-order valence-electron chi connectivity index (χ3n) is 6.61. The Balaban J connectivity index is 1.28. The van der Waals surface area contributed by atoms with Crippen LogP contribution in [-0.2, 0) is 24.9 Å². The highest BCUT2D eigenvalue weighted by atomic mass is 16.5. The van der Waals surface area contributed by atoms with Gasteiger partial charge in [-0.25, -0.2) is 14.3 Å². The van der Waals surface area contributed by atoms with E-state index in [-0.39, 0.29) is 12.0 Å². The number of anilines is 1. The van der Waals surface area contributed by atoms with Gasteiger partial charge in [-0.3, -0.25) is 4.79 Å². The summed E-state index contributed by atoms with van der Waals surface area (Å²) in [6.07, 6.45) is 2.78. The molecule has 37 heavy (non-hydrogen) atoms. The minimum absolute atomic E-state index is 0.126. The van der Waals surface area contributed by atoms with Crippen molar-refractivity contribution < 1.29 is 14.6 Å². The number of hydrogen-bond acceptors (Lipinski definition) is 9. The highest BCUT2D eigenvalue weighted by Gasteiger charge is 2.28. The van der Waals surface area contributed by atoms with E-state index >= 15 is 0 Å². The van der Waals surface area contributed by atoms with Gasteiger partial charge in [0.2, 0.25) is 5.95 Å². The fraction of sp³-hybridized carbons (Fsp3) is 0.400. The second-order valence-electron chi connectivity index (χ2n) is 9.23. The number of rotatable bonds is 9. The molecule has 5 rings (SSSR count). The van der Waals surface area contributed by atoms with E-state index in [1.54, 1.807) is 9.36 Å². The lowest BCUT2D eigenvalue weighted by molar-refractivity contribution is -0.143. The van der Waals surface area contributed by atoms with E-state index in [0.717, 1.165) is 24.1 Å². The van der Waals surface area contributed by atoms with Gasteiger partial charge in [-0.15, -0.1) is 5.10 Å². The average molecular weight is 504 g/mol. The molecule has 1 saturated carbocycles. The molecule has 0 saturated heterocycles. The largest absolute Gasteiger partial charge is 0.489 e. The average Bonchev–Trinajstić information content (AvgIpc) is 3.50. The van der Waals surface area contributed by atoms with Gasteiger partial charge in [-0.05, 0) is 60.7 Å². The lowest BCUT2D eigenvalue weighted by Crippen LogP contribution is -2.29. The molecule has 0 bridgehead atoms. The van der Waals surface area contributed by atoms with Crippen LogP contribution in [0.5, 0.6) is 5.75 Å². The number of ether oxygens (including phenoxy) is 1. The van der Waals surface area contributed by atoms with Crippen molar-refractivity contribution in [2.45, 2.75) is 51.8 Å². The van der Waals surface area contributed by atoms with E-state index in [2.05, 4.69) is 31.2 Å². The third-order valence-corrected chi connectivity index (χ3v) is 6.61. The van der Waals surface area contributed by atoms with Crippen LogP contribution in [-0.4, -0.2) is 57.4 Å². The molecule has 0 aliphatic heterocycles. The first kappa shape index (κ1) is 24.3. The second-order valence-corrected chi connectivity index (χ2v) is 9.23. The number of tetrazole rings is 1. The number of carboxylic acid groups (broad SMARTS) is 1. The lowest BCUT2D eigenvalue weighted by atomic mass is 9.87. The van der Waals surface area contributed by atoms with Crippen LogP contribution in [0.1, 0.15) is 42.6 Å². The molecule has 0 radical (unpaired) electrons. The number of aromatic nitrogens is 8. The van der Waals surface area contributed by atoms with Crippen molar-refractivity contribution in [2.24, 2.45) is 13.0 Å². The molecule has 12 heteroatoms. The SMILES string of the molecule is Cc1nc(-c2nnn(C)c2CNc2nnnn2Cc2ccccc2)ccc1O[C@H]1CCC[C@H](C(=O)O)C1. The van der Waals surface area contributed by atoms with Crippen LogP contribution in [0.4, 0.5) is 5.95 Å². The zero-order valence-corrected chi connectivity index (χ0v) is 20.8. The number of carbonyl (C=O) groups is 1. The van der Waals surface area contributed by atoms with Gasteiger partial charge in [-0.2, -0.15) is 0 Å². The van der Waals surface area contributed by atoms with Gasteiger partial charge in [0.1, 0.15) is 11.4 Å². The molecule has 2 atom stereocenters. The summed E-state index contributed by atoms with van der Waals surface area (Å²) in [5, 5.41) is 33.2. The number of aliphatic carboxylic acids is 1. The first-order valence-electron chi connectivity index (χ1n) is 12.3. The van der Waals surface area contributed by atoms with Crippen molar-refractivity contribution >= 4 is 11.9 Å². The first-order valence-corrected chi connectivity index (χ1v) is 12.3. The maximum Gasteiger partial charge on any atom is 0.306 e. The Labute approximate surface area is 213 Å². The van der Waals surface area contributed by atoms with Crippen LogP contribution in [0.15, 0.2) is 42.5 Å². The first-order chi connectivity index (χ1) is 18.0. The molecule has 3 heterocycles. The van der Waals surface area contributed by atoms with Crippen molar-refractivity contribution in [1.82, 2.24) is 40.2 Å². The third kappa shape index (κ3) is 5.57. The zero-order chi connectivity index (χ0) is 25.8. The van der Waals surface area contributed by atoms with Gasteiger partial charge in [-0.1, -0.05) is 40.6 Å². The number of hydrogen-bond donors (Lipinski definition) is 2. The number of benzene rings is 1. The van der Waals surface area contributed by atoms with E-state index in [4.69, 9.17) is 9.72 Å². The summed E-state index contributed by atoms with van der Waals surface area (Å²) in [6, 6.07) is 13.7. The Hall–Kier alpha value is -4.35. The predicted molar refractivity (Wildman–Crippen MR) is 134 cm³/mol. The smallest absolute Gasteiger partial charge is 0.306 e. The summed E-state index contributed by atoms with van der Waals surface area (Å²) >= 11 is 0. The van der Waals surface area contributed by atoms with Crippen LogP contribution < -0.4 is 10.1 Å². The normalized spacial score (nSPS) is 17.5. The van der Waals surface area contributed by atoms with Crippen molar-refractivity contribution in [2.75, 3.05) is 5.32 Å². The summed E-state index contributed by atoms with van der Waals surface area (Å²) in [5.41, 5.74) is 3.95. The fourth-order valence-corrected chi connectivity index (χ4v) is 4.59. The van der Waals surface area contributed by atoms with Crippen LogP contribution in [0.2, 0.25) is 0 Å². The molecule has 1 aliphatic rings. The van der Waals surface area contributed by atoms with E-state index < -0.39 is 5.97 Å². The van der Waals surface area contributed by atoms with Crippen LogP contribution in [0, 0.1) is 12.8 Å². The molecule has 2 N–H and O–H groups in total. The molecule has 1 aromatic carbocycles. The minimum Gasteiger partial charge on any atom is -0.489 e. The Morgan fingerprint density at radius 3 is 2.76 bits per heavy atom. The number of pyridine rings is 1.